The maximum atomic E-state index is 5.90. The van der Waals surface area contributed by atoms with Gasteiger partial charge in [0.2, 0.25) is 5.88 Å². The van der Waals surface area contributed by atoms with Crippen LogP contribution in [0.4, 0.5) is 0 Å². The van der Waals surface area contributed by atoms with Crippen LogP contribution in [0.3, 0.4) is 0 Å². The average molecular weight is 284 g/mol. The molecule has 1 aromatic heterocycles. The third-order valence-electron chi connectivity index (χ3n) is 3.43. The third-order valence-corrected chi connectivity index (χ3v) is 3.43. The summed E-state index contributed by atoms with van der Waals surface area (Å²) in [4.78, 5) is 4.54. The van der Waals surface area contributed by atoms with Gasteiger partial charge in [0, 0.05) is 18.3 Å². The van der Waals surface area contributed by atoms with Crippen LogP contribution in [0.5, 0.6) is 11.6 Å². The zero-order valence-corrected chi connectivity index (χ0v) is 13.3. The molecule has 0 saturated heterocycles. The Hall–Kier alpha value is -1.87. The van der Waals surface area contributed by atoms with Crippen LogP contribution in [-0.4, -0.2) is 12.0 Å². The molecule has 1 N–H and O–H groups in total. The molecule has 0 fully saturated rings. The third kappa shape index (κ3) is 4.30. The van der Waals surface area contributed by atoms with Crippen molar-refractivity contribution >= 4 is 0 Å². The molecule has 1 heterocycles. The average Bonchev–Trinajstić information content (AvgIpc) is 2.48. The van der Waals surface area contributed by atoms with Gasteiger partial charge in [0.15, 0.2) is 0 Å². The Morgan fingerprint density at radius 1 is 1.14 bits per heavy atom. The van der Waals surface area contributed by atoms with Crippen LogP contribution in [-0.2, 0) is 13.0 Å². The van der Waals surface area contributed by atoms with Crippen molar-refractivity contribution in [1.82, 2.24) is 10.3 Å². The summed E-state index contributed by atoms with van der Waals surface area (Å²) in [5.74, 6) is 2.02. The molecule has 3 heteroatoms. The minimum atomic E-state index is 0.530. The van der Waals surface area contributed by atoms with Gasteiger partial charge in [-0.05, 0) is 48.7 Å². The van der Waals surface area contributed by atoms with E-state index in [1.807, 2.05) is 25.2 Å². The van der Waals surface area contributed by atoms with E-state index >= 15 is 0 Å². The van der Waals surface area contributed by atoms with Gasteiger partial charge in [-0.25, -0.2) is 4.98 Å². The topological polar surface area (TPSA) is 34.1 Å². The Kier molecular flexibility index (Phi) is 5.34. The lowest BCUT2D eigenvalue weighted by Crippen LogP contribution is -2.06. The zero-order valence-electron chi connectivity index (χ0n) is 13.3. The molecule has 3 nitrogen and oxygen atoms in total. The molecule has 0 atom stereocenters. The summed E-state index contributed by atoms with van der Waals surface area (Å²) in [6.45, 7) is 7.29. The van der Waals surface area contributed by atoms with E-state index in [1.165, 1.54) is 11.1 Å². The lowest BCUT2D eigenvalue weighted by molar-refractivity contribution is 0.459. The largest absolute Gasteiger partial charge is 0.439 e. The molecule has 0 bridgehead atoms. The van der Waals surface area contributed by atoms with E-state index in [2.05, 4.69) is 49.3 Å². The van der Waals surface area contributed by atoms with Crippen LogP contribution in [0, 0.1) is 0 Å². The Balaban J connectivity index is 2.19. The predicted octanol–water partition coefficient (Wildman–Crippen LogP) is 4.28. The number of benzene rings is 1. The zero-order chi connectivity index (χ0) is 15.2. The first-order chi connectivity index (χ1) is 10.1. The molecule has 0 spiro atoms. The molecule has 0 saturated carbocycles. The van der Waals surface area contributed by atoms with Crippen molar-refractivity contribution in [3.8, 4) is 11.6 Å². The molecule has 0 unspecified atom stereocenters. The van der Waals surface area contributed by atoms with Gasteiger partial charge in [-0.15, -0.1) is 0 Å². The first-order valence-corrected chi connectivity index (χ1v) is 7.54. The lowest BCUT2D eigenvalue weighted by Gasteiger charge is -2.10. The van der Waals surface area contributed by atoms with Crippen molar-refractivity contribution in [2.75, 3.05) is 7.05 Å². The van der Waals surface area contributed by atoms with Gasteiger partial charge >= 0.3 is 0 Å². The summed E-state index contributed by atoms with van der Waals surface area (Å²) < 4.78 is 5.90. The molecule has 1 aromatic carbocycles. The maximum absolute atomic E-state index is 5.90. The molecule has 0 aliphatic carbocycles. The highest BCUT2D eigenvalue weighted by molar-refractivity contribution is 5.33. The highest BCUT2D eigenvalue weighted by Gasteiger charge is 2.05. The first-order valence-electron chi connectivity index (χ1n) is 7.54. The first kappa shape index (κ1) is 15.5. The number of hydrogen-bond donors (Lipinski definition) is 1. The summed E-state index contributed by atoms with van der Waals surface area (Å²) >= 11 is 0. The van der Waals surface area contributed by atoms with Gasteiger partial charge in [0.05, 0.1) is 0 Å². The monoisotopic (exact) mass is 284 g/mol. The van der Waals surface area contributed by atoms with E-state index in [-0.39, 0.29) is 0 Å². The predicted molar refractivity (Wildman–Crippen MR) is 87.0 cm³/mol. The van der Waals surface area contributed by atoms with Gasteiger partial charge < -0.3 is 10.1 Å². The fourth-order valence-corrected chi connectivity index (χ4v) is 2.20. The number of ether oxygens (including phenoxy) is 1. The molecule has 0 radical (unpaired) electrons. The second-order valence-electron chi connectivity index (χ2n) is 5.51. The standard InChI is InChI=1S/C18H24N2O/c1-5-16-10-14(12-19-4)11-18(20-16)21-17-8-6-15(7-9-17)13(2)3/h6-11,13,19H,5,12H2,1-4H3. The fraction of sp³-hybridized carbons (Fsp3) is 0.389. The number of nitrogens with one attached hydrogen (secondary N) is 1. The van der Waals surface area contributed by atoms with E-state index in [0.717, 1.165) is 24.4 Å². The summed E-state index contributed by atoms with van der Waals surface area (Å²) in [5.41, 5.74) is 3.56. The Bertz CT molecular complexity index is 576. The summed E-state index contributed by atoms with van der Waals surface area (Å²) in [7, 11) is 1.94. The van der Waals surface area contributed by atoms with Crippen LogP contribution in [0.2, 0.25) is 0 Å². The van der Waals surface area contributed by atoms with Crippen molar-refractivity contribution in [1.29, 1.82) is 0 Å². The highest BCUT2D eigenvalue weighted by atomic mass is 16.5. The van der Waals surface area contributed by atoms with Crippen molar-refractivity contribution < 1.29 is 4.74 Å². The number of aryl methyl sites for hydroxylation is 1. The Morgan fingerprint density at radius 3 is 2.43 bits per heavy atom. The van der Waals surface area contributed by atoms with Crippen LogP contribution in [0.25, 0.3) is 0 Å². The molecule has 2 rings (SSSR count). The smallest absolute Gasteiger partial charge is 0.219 e. The number of hydrogen-bond acceptors (Lipinski definition) is 3. The lowest BCUT2D eigenvalue weighted by atomic mass is 10.0. The van der Waals surface area contributed by atoms with Gasteiger partial charge in [0.1, 0.15) is 5.75 Å². The summed E-state index contributed by atoms with van der Waals surface area (Å²) in [5, 5.41) is 3.16. The van der Waals surface area contributed by atoms with Crippen molar-refractivity contribution in [3.05, 3.63) is 53.2 Å². The van der Waals surface area contributed by atoms with E-state index in [4.69, 9.17) is 4.74 Å². The molecule has 0 aliphatic heterocycles. The number of nitrogens with zero attached hydrogens (tertiary/aromatic N) is 1. The molecule has 0 amide bonds. The van der Waals surface area contributed by atoms with Crippen LogP contribution in [0.15, 0.2) is 36.4 Å². The fourth-order valence-electron chi connectivity index (χ4n) is 2.20. The molecule has 0 aliphatic rings. The van der Waals surface area contributed by atoms with Gasteiger partial charge in [-0.3, -0.25) is 0 Å². The van der Waals surface area contributed by atoms with Crippen LogP contribution >= 0.6 is 0 Å². The van der Waals surface area contributed by atoms with Gasteiger partial charge in [0.25, 0.3) is 0 Å². The van der Waals surface area contributed by atoms with E-state index in [0.29, 0.717) is 11.8 Å². The normalized spacial score (nSPS) is 10.9. The van der Waals surface area contributed by atoms with Gasteiger partial charge in [-0.1, -0.05) is 32.9 Å². The minimum Gasteiger partial charge on any atom is -0.439 e. The minimum absolute atomic E-state index is 0.530. The number of aromatic nitrogens is 1. The second kappa shape index (κ2) is 7.23. The molecule has 2 aromatic rings. The number of rotatable bonds is 6. The maximum Gasteiger partial charge on any atom is 0.219 e. The van der Waals surface area contributed by atoms with E-state index in [1.54, 1.807) is 0 Å². The molecular weight excluding hydrogens is 260 g/mol. The van der Waals surface area contributed by atoms with Crippen molar-refractivity contribution in [2.45, 2.75) is 39.7 Å². The summed E-state index contributed by atoms with van der Waals surface area (Å²) in [6.07, 6.45) is 0.903. The van der Waals surface area contributed by atoms with E-state index in [9.17, 15) is 0 Å². The molecule has 21 heavy (non-hydrogen) atoms. The SMILES string of the molecule is CCc1cc(CNC)cc(Oc2ccc(C(C)C)cc2)n1. The van der Waals surface area contributed by atoms with Crippen LogP contribution < -0.4 is 10.1 Å². The second-order valence-corrected chi connectivity index (χ2v) is 5.51. The van der Waals surface area contributed by atoms with Crippen LogP contribution in [0.1, 0.15) is 43.5 Å². The quantitative estimate of drug-likeness (QED) is 0.859. The Labute approximate surface area is 127 Å². The summed E-state index contributed by atoms with van der Waals surface area (Å²) in [6, 6.07) is 12.3. The Morgan fingerprint density at radius 2 is 1.86 bits per heavy atom. The van der Waals surface area contributed by atoms with E-state index < -0.39 is 0 Å². The van der Waals surface area contributed by atoms with Crippen molar-refractivity contribution in [3.63, 3.8) is 0 Å². The molecule has 112 valence electrons. The van der Waals surface area contributed by atoms with Crippen molar-refractivity contribution in [2.24, 2.45) is 0 Å². The highest BCUT2D eigenvalue weighted by Crippen LogP contribution is 2.24. The number of pyridine rings is 1. The molecular formula is C18H24N2O. The van der Waals surface area contributed by atoms with Gasteiger partial charge in [-0.2, -0.15) is 0 Å².